The van der Waals surface area contributed by atoms with E-state index in [0.717, 1.165) is 29.9 Å². The second-order valence-electron chi connectivity index (χ2n) is 4.91. The van der Waals surface area contributed by atoms with Gasteiger partial charge in [-0.25, -0.2) is 4.98 Å². The van der Waals surface area contributed by atoms with E-state index in [1.54, 1.807) is 20.4 Å². The fraction of sp³-hybridized carbons (Fsp3) is 0.333. The molecule has 1 N–H and O–H groups in total. The molecule has 102 valence electrons. The van der Waals surface area contributed by atoms with Crippen LogP contribution in [0.15, 0.2) is 24.4 Å². The topological polar surface area (TPSA) is 70.9 Å². The molecule has 0 aliphatic heterocycles. The molecule has 1 heterocycles. The van der Waals surface area contributed by atoms with Gasteiger partial charge in [0.05, 0.1) is 32.2 Å². The molecule has 1 saturated carbocycles. The molecule has 20 heavy (non-hydrogen) atoms. The third kappa shape index (κ3) is 1.90. The molecule has 0 amide bonds. The Bertz CT molecular complexity index is 681. The summed E-state index contributed by atoms with van der Waals surface area (Å²) in [6.45, 7) is 0. The van der Waals surface area contributed by atoms with Gasteiger partial charge >= 0.3 is 0 Å². The van der Waals surface area contributed by atoms with Crippen molar-refractivity contribution < 1.29 is 9.47 Å². The highest BCUT2D eigenvalue weighted by atomic mass is 16.5. The molecule has 0 spiro atoms. The van der Waals surface area contributed by atoms with Gasteiger partial charge in [-0.2, -0.15) is 5.26 Å². The Morgan fingerprint density at radius 3 is 2.60 bits per heavy atom. The summed E-state index contributed by atoms with van der Waals surface area (Å²) >= 11 is 0. The Morgan fingerprint density at radius 1 is 1.25 bits per heavy atom. The van der Waals surface area contributed by atoms with E-state index in [-0.39, 0.29) is 0 Å². The standard InChI is InChI=1S/C15H15N3O2/c1-19-12-4-3-10(7-13(12)20-2)11-8-17-14(18-11)15(9-16)5-6-15/h3-4,7-8H,5-6H2,1-2H3,(H,17,18). The maximum Gasteiger partial charge on any atom is 0.161 e. The van der Waals surface area contributed by atoms with Gasteiger partial charge in [-0.1, -0.05) is 0 Å². The predicted octanol–water partition coefficient (Wildman–Crippen LogP) is 2.65. The zero-order valence-electron chi connectivity index (χ0n) is 11.4. The van der Waals surface area contributed by atoms with Crippen molar-refractivity contribution in [2.24, 2.45) is 0 Å². The van der Waals surface area contributed by atoms with Crippen LogP contribution in [0.5, 0.6) is 11.5 Å². The third-order valence-electron chi connectivity index (χ3n) is 3.69. The molecule has 2 aromatic rings. The van der Waals surface area contributed by atoms with Crippen LogP contribution in [0.1, 0.15) is 18.7 Å². The summed E-state index contributed by atoms with van der Waals surface area (Å²) in [5.74, 6) is 2.11. The Labute approximate surface area is 117 Å². The quantitative estimate of drug-likeness (QED) is 0.926. The van der Waals surface area contributed by atoms with E-state index in [4.69, 9.17) is 9.47 Å². The summed E-state index contributed by atoms with van der Waals surface area (Å²) in [6, 6.07) is 8.01. The highest BCUT2D eigenvalue weighted by Gasteiger charge is 2.47. The number of hydrogen-bond donors (Lipinski definition) is 1. The van der Waals surface area contributed by atoms with Gasteiger partial charge < -0.3 is 14.5 Å². The van der Waals surface area contributed by atoms with Crippen LogP contribution < -0.4 is 9.47 Å². The maximum atomic E-state index is 9.19. The van der Waals surface area contributed by atoms with Gasteiger partial charge in [0.15, 0.2) is 11.5 Å². The van der Waals surface area contributed by atoms with Crippen LogP contribution in [0, 0.1) is 11.3 Å². The van der Waals surface area contributed by atoms with Gasteiger partial charge in [0.2, 0.25) is 0 Å². The minimum Gasteiger partial charge on any atom is -0.493 e. The average molecular weight is 269 g/mol. The fourth-order valence-electron chi connectivity index (χ4n) is 2.24. The largest absolute Gasteiger partial charge is 0.493 e. The second-order valence-corrected chi connectivity index (χ2v) is 4.91. The van der Waals surface area contributed by atoms with Crippen molar-refractivity contribution in [3.05, 3.63) is 30.2 Å². The number of rotatable bonds is 4. The molecule has 3 rings (SSSR count). The van der Waals surface area contributed by atoms with Crippen molar-refractivity contribution >= 4 is 0 Å². The normalized spacial score (nSPS) is 15.4. The van der Waals surface area contributed by atoms with E-state index in [1.807, 2.05) is 18.2 Å². The number of H-pyrrole nitrogens is 1. The lowest BCUT2D eigenvalue weighted by atomic mass is 10.1. The van der Waals surface area contributed by atoms with Crippen LogP contribution in [0.25, 0.3) is 11.3 Å². The number of hydrogen-bond acceptors (Lipinski definition) is 4. The molecule has 1 aromatic heterocycles. The first-order chi connectivity index (χ1) is 9.72. The van der Waals surface area contributed by atoms with Crippen LogP contribution in [-0.2, 0) is 5.41 Å². The number of benzene rings is 1. The Morgan fingerprint density at radius 2 is 2.00 bits per heavy atom. The molecule has 1 aromatic carbocycles. The van der Waals surface area contributed by atoms with Crippen molar-refractivity contribution in [1.82, 2.24) is 9.97 Å². The van der Waals surface area contributed by atoms with Crippen molar-refractivity contribution in [2.75, 3.05) is 14.2 Å². The summed E-state index contributed by atoms with van der Waals surface area (Å²) in [4.78, 5) is 7.59. The summed E-state index contributed by atoms with van der Waals surface area (Å²) < 4.78 is 10.5. The van der Waals surface area contributed by atoms with Crippen LogP contribution >= 0.6 is 0 Å². The number of aromatic amines is 1. The van der Waals surface area contributed by atoms with Crippen LogP contribution in [0.4, 0.5) is 0 Å². The molecular weight excluding hydrogens is 254 g/mol. The third-order valence-corrected chi connectivity index (χ3v) is 3.69. The van der Waals surface area contributed by atoms with E-state index >= 15 is 0 Å². The van der Waals surface area contributed by atoms with E-state index in [2.05, 4.69) is 16.0 Å². The summed E-state index contributed by atoms with van der Waals surface area (Å²) in [7, 11) is 3.21. The van der Waals surface area contributed by atoms with Gasteiger partial charge in [-0.05, 0) is 31.0 Å². The first-order valence-corrected chi connectivity index (χ1v) is 6.41. The summed E-state index contributed by atoms with van der Waals surface area (Å²) in [5, 5.41) is 9.19. The Hall–Kier alpha value is -2.48. The lowest BCUT2D eigenvalue weighted by molar-refractivity contribution is 0.355. The Balaban J connectivity index is 1.96. The number of methoxy groups -OCH3 is 2. The molecule has 0 bridgehead atoms. The highest BCUT2D eigenvalue weighted by molar-refractivity contribution is 5.64. The smallest absolute Gasteiger partial charge is 0.161 e. The van der Waals surface area contributed by atoms with E-state index < -0.39 is 5.41 Å². The monoisotopic (exact) mass is 269 g/mol. The number of aromatic nitrogens is 2. The van der Waals surface area contributed by atoms with Crippen LogP contribution in [0.2, 0.25) is 0 Å². The summed E-state index contributed by atoms with van der Waals surface area (Å²) in [6.07, 6.45) is 3.51. The van der Waals surface area contributed by atoms with Crippen LogP contribution in [0.3, 0.4) is 0 Å². The van der Waals surface area contributed by atoms with Gasteiger partial charge in [-0.15, -0.1) is 0 Å². The van der Waals surface area contributed by atoms with E-state index in [0.29, 0.717) is 11.5 Å². The number of nitrogens with zero attached hydrogens (tertiary/aromatic N) is 2. The molecule has 0 unspecified atom stereocenters. The second kappa shape index (κ2) is 4.57. The summed E-state index contributed by atoms with van der Waals surface area (Å²) in [5.41, 5.74) is 1.44. The highest BCUT2D eigenvalue weighted by Crippen LogP contribution is 2.46. The van der Waals surface area contributed by atoms with Crippen LogP contribution in [-0.4, -0.2) is 24.2 Å². The van der Waals surface area contributed by atoms with E-state index in [9.17, 15) is 5.26 Å². The van der Waals surface area contributed by atoms with Gasteiger partial charge in [0.1, 0.15) is 11.2 Å². The zero-order valence-corrected chi connectivity index (χ0v) is 11.4. The number of ether oxygens (including phenoxy) is 2. The lowest BCUT2D eigenvalue weighted by Crippen LogP contribution is -2.04. The molecule has 1 aliphatic rings. The molecule has 5 heteroatoms. The lowest BCUT2D eigenvalue weighted by Gasteiger charge is -2.08. The average Bonchev–Trinajstić information content (AvgIpc) is 3.15. The number of imidazole rings is 1. The minimum absolute atomic E-state index is 0.394. The fourth-order valence-corrected chi connectivity index (χ4v) is 2.24. The van der Waals surface area contributed by atoms with Crippen molar-refractivity contribution in [3.8, 4) is 28.8 Å². The van der Waals surface area contributed by atoms with E-state index in [1.165, 1.54) is 0 Å². The Kier molecular flexibility index (Phi) is 2.87. The number of nitrogens with one attached hydrogen (secondary N) is 1. The maximum absolute atomic E-state index is 9.19. The first-order valence-electron chi connectivity index (χ1n) is 6.41. The molecule has 0 radical (unpaired) electrons. The van der Waals surface area contributed by atoms with Crippen molar-refractivity contribution in [2.45, 2.75) is 18.3 Å². The predicted molar refractivity (Wildman–Crippen MR) is 73.7 cm³/mol. The van der Waals surface area contributed by atoms with Crippen molar-refractivity contribution in [3.63, 3.8) is 0 Å². The first kappa shape index (κ1) is 12.5. The zero-order chi connectivity index (χ0) is 14.2. The molecule has 1 fully saturated rings. The minimum atomic E-state index is -0.394. The molecular formula is C15H15N3O2. The SMILES string of the molecule is COc1ccc(-c2cnc(C3(C#N)CC3)[nH]2)cc1OC. The number of nitriles is 1. The van der Waals surface area contributed by atoms with Gasteiger partial charge in [-0.3, -0.25) is 0 Å². The molecule has 0 saturated heterocycles. The molecule has 5 nitrogen and oxygen atoms in total. The molecule has 0 atom stereocenters. The van der Waals surface area contributed by atoms with Gasteiger partial charge in [0.25, 0.3) is 0 Å². The molecule has 1 aliphatic carbocycles. The van der Waals surface area contributed by atoms with Crippen molar-refractivity contribution in [1.29, 1.82) is 5.26 Å². The van der Waals surface area contributed by atoms with Gasteiger partial charge in [0, 0.05) is 5.56 Å².